The molecule has 0 atom stereocenters. The van der Waals surface area contributed by atoms with Crippen molar-refractivity contribution in [3.8, 4) is 11.5 Å². The SMILES string of the molecule is CC(C)CCN1CCc2cnc(-c3ccccn3)nc2C1. The molecule has 0 amide bonds. The summed E-state index contributed by atoms with van der Waals surface area (Å²) in [5, 5.41) is 0. The molecule has 0 bridgehead atoms. The van der Waals surface area contributed by atoms with E-state index in [1.165, 1.54) is 17.7 Å². The Morgan fingerprint density at radius 2 is 2.14 bits per heavy atom. The van der Waals surface area contributed by atoms with Crippen LogP contribution in [0.3, 0.4) is 0 Å². The van der Waals surface area contributed by atoms with Gasteiger partial charge in [-0.25, -0.2) is 9.97 Å². The third kappa shape index (κ3) is 3.45. The second kappa shape index (κ2) is 6.31. The molecule has 2 aromatic rings. The Morgan fingerprint density at radius 3 is 2.90 bits per heavy atom. The summed E-state index contributed by atoms with van der Waals surface area (Å²) >= 11 is 0. The molecule has 3 heterocycles. The number of hydrogen-bond donors (Lipinski definition) is 0. The van der Waals surface area contributed by atoms with Crippen molar-refractivity contribution in [2.24, 2.45) is 5.92 Å². The summed E-state index contributed by atoms with van der Waals surface area (Å²) < 4.78 is 0. The fourth-order valence-corrected chi connectivity index (χ4v) is 2.61. The Hall–Kier alpha value is -1.81. The van der Waals surface area contributed by atoms with Crippen molar-refractivity contribution < 1.29 is 0 Å². The fraction of sp³-hybridized carbons (Fsp3) is 0.471. The standard InChI is InChI=1S/C17H22N4/c1-13(2)6-9-21-10-7-14-11-19-17(20-16(14)12-21)15-5-3-4-8-18-15/h3-5,8,11,13H,6-7,9-10,12H2,1-2H3. The molecule has 1 aliphatic rings. The zero-order valence-electron chi connectivity index (χ0n) is 12.8. The van der Waals surface area contributed by atoms with Gasteiger partial charge >= 0.3 is 0 Å². The first-order valence-corrected chi connectivity index (χ1v) is 7.71. The predicted molar refractivity (Wildman–Crippen MR) is 83.7 cm³/mol. The number of nitrogens with zero attached hydrogens (tertiary/aromatic N) is 4. The van der Waals surface area contributed by atoms with E-state index in [1.54, 1.807) is 6.20 Å². The van der Waals surface area contributed by atoms with Gasteiger partial charge < -0.3 is 0 Å². The maximum Gasteiger partial charge on any atom is 0.178 e. The molecule has 0 saturated carbocycles. The maximum absolute atomic E-state index is 4.75. The lowest BCUT2D eigenvalue weighted by Crippen LogP contribution is -2.32. The van der Waals surface area contributed by atoms with Crippen LogP contribution in [-0.4, -0.2) is 32.9 Å². The Balaban J connectivity index is 1.77. The van der Waals surface area contributed by atoms with Crippen LogP contribution in [0.15, 0.2) is 30.6 Å². The molecule has 0 saturated heterocycles. The molecule has 0 aliphatic carbocycles. The van der Waals surface area contributed by atoms with Crippen LogP contribution in [0.25, 0.3) is 11.5 Å². The highest BCUT2D eigenvalue weighted by atomic mass is 15.1. The van der Waals surface area contributed by atoms with E-state index in [1.807, 2.05) is 24.4 Å². The molecule has 0 radical (unpaired) electrons. The van der Waals surface area contributed by atoms with Gasteiger partial charge in [-0.3, -0.25) is 9.88 Å². The average molecular weight is 282 g/mol. The smallest absolute Gasteiger partial charge is 0.178 e. The summed E-state index contributed by atoms with van der Waals surface area (Å²) in [5.74, 6) is 1.49. The Bertz CT molecular complexity index is 595. The highest BCUT2D eigenvalue weighted by molar-refractivity contribution is 5.49. The van der Waals surface area contributed by atoms with Gasteiger partial charge in [0, 0.05) is 25.5 Å². The van der Waals surface area contributed by atoms with Crippen molar-refractivity contribution in [3.63, 3.8) is 0 Å². The first kappa shape index (κ1) is 14.1. The zero-order chi connectivity index (χ0) is 14.7. The van der Waals surface area contributed by atoms with Crippen molar-refractivity contribution in [1.82, 2.24) is 19.9 Å². The minimum absolute atomic E-state index is 0.736. The van der Waals surface area contributed by atoms with E-state index in [0.717, 1.165) is 43.5 Å². The molecule has 4 heteroatoms. The van der Waals surface area contributed by atoms with Gasteiger partial charge in [-0.15, -0.1) is 0 Å². The molecule has 3 rings (SSSR count). The summed E-state index contributed by atoms with van der Waals surface area (Å²) in [5.41, 5.74) is 3.30. The molecule has 0 N–H and O–H groups in total. The van der Waals surface area contributed by atoms with Gasteiger partial charge in [-0.05, 0) is 43.0 Å². The van der Waals surface area contributed by atoms with Crippen molar-refractivity contribution in [2.45, 2.75) is 33.2 Å². The molecule has 21 heavy (non-hydrogen) atoms. The van der Waals surface area contributed by atoms with E-state index in [2.05, 4.69) is 28.7 Å². The second-order valence-corrected chi connectivity index (χ2v) is 6.09. The number of hydrogen-bond acceptors (Lipinski definition) is 4. The molecule has 0 fully saturated rings. The lowest BCUT2D eigenvalue weighted by molar-refractivity contribution is 0.235. The number of pyridine rings is 1. The molecule has 0 spiro atoms. The molecule has 1 aliphatic heterocycles. The van der Waals surface area contributed by atoms with E-state index in [-0.39, 0.29) is 0 Å². The average Bonchev–Trinajstić information content (AvgIpc) is 2.53. The van der Waals surface area contributed by atoms with Gasteiger partial charge in [0.15, 0.2) is 5.82 Å². The largest absolute Gasteiger partial charge is 0.297 e. The van der Waals surface area contributed by atoms with Crippen LogP contribution in [0.4, 0.5) is 0 Å². The van der Waals surface area contributed by atoms with Gasteiger partial charge in [0.1, 0.15) is 5.69 Å². The summed E-state index contributed by atoms with van der Waals surface area (Å²) in [4.78, 5) is 16.1. The first-order valence-electron chi connectivity index (χ1n) is 7.71. The quantitative estimate of drug-likeness (QED) is 0.864. The Labute approximate surface area is 126 Å². The molecule has 4 nitrogen and oxygen atoms in total. The van der Waals surface area contributed by atoms with E-state index in [0.29, 0.717) is 0 Å². The topological polar surface area (TPSA) is 41.9 Å². The Kier molecular flexibility index (Phi) is 4.25. The van der Waals surface area contributed by atoms with E-state index in [9.17, 15) is 0 Å². The highest BCUT2D eigenvalue weighted by Crippen LogP contribution is 2.20. The zero-order valence-corrected chi connectivity index (χ0v) is 12.8. The van der Waals surface area contributed by atoms with Crippen molar-refractivity contribution >= 4 is 0 Å². The fourth-order valence-electron chi connectivity index (χ4n) is 2.61. The number of aromatic nitrogens is 3. The van der Waals surface area contributed by atoms with Crippen LogP contribution in [0.5, 0.6) is 0 Å². The third-order valence-electron chi connectivity index (χ3n) is 3.94. The molecule has 0 unspecified atom stereocenters. The lowest BCUT2D eigenvalue weighted by Gasteiger charge is -2.28. The highest BCUT2D eigenvalue weighted by Gasteiger charge is 2.19. The van der Waals surface area contributed by atoms with E-state index < -0.39 is 0 Å². The van der Waals surface area contributed by atoms with Crippen LogP contribution in [0, 0.1) is 5.92 Å². The van der Waals surface area contributed by atoms with Crippen LogP contribution < -0.4 is 0 Å². The maximum atomic E-state index is 4.75. The minimum atomic E-state index is 0.736. The summed E-state index contributed by atoms with van der Waals surface area (Å²) in [6.07, 6.45) is 6.06. The first-order chi connectivity index (χ1) is 10.2. The Morgan fingerprint density at radius 1 is 1.24 bits per heavy atom. The van der Waals surface area contributed by atoms with E-state index in [4.69, 9.17) is 4.98 Å². The normalized spacial score (nSPS) is 15.2. The third-order valence-corrected chi connectivity index (χ3v) is 3.94. The van der Waals surface area contributed by atoms with Crippen LogP contribution in [0.1, 0.15) is 31.5 Å². The minimum Gasteiger partial charge on any atom is -0.297 e. The van der Waals surface area contributed by atoms with E-state index >= 15 is 0 Å². The van der Waals surface area contributed by atoms with Gasteiger partial charge in [-0.1, -0.05) is 19.9 Å². The number of fused-ring (bicyclic) bond motifs is 1. The molecular formula is C17H22N4. The lowest BCUT2D eigenvalue weighted by atomic mass is 10.0. The summed E-state index contributed by atoms with van der Waals surface area (Å²) in [6.45, 7) is 7.76. The van der Waals surface area contributed by atoms with Gasteiger partial charge in [-0.2, -0.15) is 0 Å². The summed E-state index contributed by atoms with van der Waals surface area (Å²) in [7, 11) is 0. The molecule has 110 valence electrons. The van der Waals surface area contributed by atoms with Crippen LogP contribution >= 0.6 is 0 Å². The summed E-state index contributed by atoms with van der Waals surface area (Å²) in [6, 6.07) is 5.84. The van der Waals surface area contributed by atoms with Crippen LogP contribution in [0.2, 0.25) is 0 Å². The monoisotopic (exact) mass is 282 g/mol. The van der Waals surface area contributed by atoms with Crippen molar-refractivity contribution in [2.75, 3.05) is 13.1 Å². The second-order valence-electron chi connectivity index (χ2n) is 6.09. The predicted octanol–water partition coefficient (Wildman–Crippen LogP) is 2.94. The van der Waals surface area contributed by atoms with Crippen LogP contribution in [-0.2, 0) is 13.0 Å². The van der Waals surface area contributed by atoms with Crippen molar-refractivity contribution in [3.05, 3.63) is 41.9 Å². The van der Waals surface area contributed by atoms with Gasteiger partial charge in [0.05, 0.1) is 5.69 Å². The number of rotatable bonds is 4. The molecular weight excluding hydrogens is 260 g/mol. The van der Waals surface area contributed by atoms with Gasteiger partial charge in [0.25, 0.3) is 0 Å². The van der Waals surface area contributed by atoms with Crippen molar-refractivity contribution in [1.29, 1.82) is 0 Å². The molecule has 2 aromatic heterocycles. The molecule has 0 aromatic carbocycles. The van der Waals surface area contributed by atoms with Gasteiger partial charge in [0.2, 0.25) is 0 Å².